The van der Waals surface area contributed by atoms with Crippen molar-refractivity contribution in [2.75, 3.05) is 21.3 Å². The predicted octanol–water partition coefficient (Wildman–Crippen LogP) is 3.42. The van der Waals surface area contributed by atoms with Crippen molar-refractivity contribution in [3.8, 4) is 34.4 Å². The van der Waals surface area contributed by atoms with E-state index < -0.39 is 5.97 Å². The van der Waals surface area contributed by atoms with E-state index in [4.69, 9.17) is 14.2 Å². The molecule has 10 heteroatoms. The highest BCUT2D eigenvalue weighted by Crippen LogP contribution is 2.32. The van der Waals surface area contributed by atoms with Gasteiger partial charge in [-0.15, -0.1) is 5.10 Å². The number of hydrogen-bond acceptors (Lipinski definition) is 8. The summed E-state index contributed by atoms with van der Waals surface area (Å²) in [5.41, 5.74) is 1.16. The van der Waals surface area contributed by atoms with Crippen LogP contribution in [-0.4, -0.2) is 52.7 Å². The first-order chi connectivity index (χ1) is 14.4. The van der Waals surface area contributed by atoms with E-state index in [0.717, 1.165) is 11.8 Å². The fourth-order valence-corrected chi connectivity index (χ4v) is 3.25. The number of nitrogens with zero attached hydrogens (tertiary/aromatic N) is 2. The van der Waals surface area contributed by atoms with Crippen molar-refractivity contribution < 1.29 is 29.2 Å². The summed E-state index contributed by atoms with van der Waals surface area (Å²) >= 11 is 0.876. The quantitative estimate of drug-likeness (QED) is 0.364. The number of thioether (sulfide) groups is 1. The van der Waals surface area contributed by atoms with Gasteiger partial charge in [0.05, 0.1) is 21.3 Å². The lowest BCUT2D eigenvalue weighted by Crippen LogP contribution is -1.97. The molecule has 1 aromatic heterocycles. The summed E-state index contributed by atoms with van der Waals surface area (Å²) in [6.45, 7) is 0. The maximum atomic E-state index is 11.7. The number of rotatable bonds is 8. The number of nitrogens with one attached hydrogen (secondary N) is 1. The number of aromatic nitrogens is 3. The molecule has 3 rings (SSSR count). The third-order valence-electron chi connectivity index (χ3n) is 4.00. The van der Waals surface area contributed by atoms with Crippen LogP contribution in [0.4, 0.5) is 0 Å². The second-order valence-electron chi connectivity index (χ2n) is 5.92. The van der Waals surface area contributed by atoms with Crippen LogP contribution in [0.5, 0.6) is 23.0 Å². The molecule has 0 spiro atoms. The molecule has 0 aliphatic heterocycles. The summed E-state index contributed by atoms with van der Waals surface area (Å²) < 4.78 is 15.5. The van der Waals surface area contributed by atoms with Gasteiger partial charge in [0.15, 0.2) is 17.3 Å². The lowest BCUT2D eigenvalue weighted by atomic mass is 10.2. The Kier molecular flexibility index (Phi) is 6.48. The van der Waals surface area contributed by atoms with Gasteiger partial charge in [-0.25, -0.2) is 9.78 Å². The van der Waals surface area contributed by atoms with Crippen LogP contribution in [-0.2, 0) is 4.79 Å². The van der Waals surface area contributed by atoms with Gasteiger partial charge in [0.2, 0.25) is 5.16 Å². The number of aromatic amines is 1. The highest BCUT2D eigenvalue weighted by atomic mass is 32.2. The number of methoxy groups -OCH3 is 3. The number of aliphatic carboxylic acids is 1. The van der Waals surface area contributed by atoms with E-state index in [1.165, 1.54) is 19.3 Å². The summed E-state index contributed by atoms with van der Waals surface area (Å²) in [7, 11) is 4.52. The number of ether oxygens (including phenoxy) is 3. The first-order valence-corrected chi connectivity index (χ1v) is 9.41. The number of benzene rings is 2. The molecule has 0 fully saturated rings. The first kappa shape index (κ1) is 21.1. The number of phenols is 1. The van der Waals surface area contributed by atoms with E-state index in [9.17, 15) is 15.0 Å². The Labute approximate surface area is 176 Å². The number of carboxylic acids is 1. The number of carbonyl (C=O) groups is 1. The van der Waals surface area contributed by atoms with Gasteiger partial charge in [-0.05, 0) is 47.7 Å². The molecule has 0 radical (unpaired) electrons. The predicted molar refractivity (Wildman–Crippen MR) is 111 cm³/mol. The Balaban J connectivity index is 1.87. The van der Waals surface area contributed by atoms with E-state index in [1.807, 2.05) is 0 Å². The number of H-pyrrole nitrogens is 1. The first-order valence-electron chi connectivity index (χ1n) is 8.59. The minimum atomic E-state index is -1.15. The highest BCUT2D eigenvalue weighted by molar-refractivity contribution is 8.04. The average molecular weight is 429 g/mol. The standard InChI is InChI=1S/C20H19N3O6S/c1-27-13-8-12(9-14(10-13)28-2)18-21-20(23-22-18)30-17(19(25)26)7-11-4-5-16(29-3)15(24)6-11/h4-10,24H,1-3H3,(H,25,26)(H,21,22,23)/b17-7-. The van der Waals surface area contributed by atoms with Gasteiger partial charge < -0.3 is 24.4 Å². The minimum Gasteiger partial charge on any atom is -0.504 e. The molecule has 9 nitrogen and oxygen atoms in total. The van der Waals surface area contributed by atoms with Crippen molar-refractivity contribution >= 4 is 23.8 Å². The van der Waals surface area contributed by atoms with Crippen molar-refractivity contribution in [3.63, 3.8) is 0 Å². The van der Waals surface area contributed by atoms with Crippen LogP contribution in [0.3, 0.4) is 0 Å². The summed E-state index contributed by atoms with van der Waals surface area (Å²) in [5, 5.41) is 26.5. The molecule has 3 aromatic rings. The van der Waals surface area contributed by atoms with Crippen LogP contribution in [0.25, 0.3) is 17.5 Å². The molecule has 3 N–H and O–H groups in total. The Bertz CT molecular complexity index is 1070. The van der Waals surface area contributed by atoms with Gasteiger partial charge in [-0.1, -0.05) is 6.07 Å². The number of carboxylic acid groups (broad SMARTS) is 1. The van der Waals surface area contributed by atoms with Gasteiger partial charge in [0.1, 0.15) is 16.4 Å². The van der Waals surface area contributed by atoms with Gasteiger partial charge in [0, 0.05) is 11.6 Å². The zero-order valence-corrected chi connectivity index (χ0v) is 17.2. The topological polar surface area (TPSA) is 127 Å². The molecular weight excluding hydrogens is 410 g/mol. The smallest absolute Gasteiger partial charge is 0.342 e. The second-order valence-corrected chi connectivity index (χ2v) is 6.92. The van der Waals surface area contributed by atoms with Crippen LogP contribution >= 0.6 is 11.8 Å². The third kappa shape index (κ3) is 4.84. The fraction of sp³-hybridized carbons (Fsp3) is 0.150. The Morgan fingerprint density at radius 2 is 1.77 bits per heavy atom. The number of aromatic hydroxyl groups is 1. The monoisotopic (exact) mass is 429 g/mol. The molecule has 156 valence electrons. The molecule has 0 atom stereocenters. The molecule has 2 aromatic carbocycles. The molecular formula is C20H19N3O6S. The Morgan fingerprint density at radius 1 is 1.07 bits per heavy atom. The van der Waals surface area contributed by atoms with E-state index in [0.29, 0.717) is 34.2 Å². The van der Waals surface area contributed by atoms with Crippen molar-refractivity contribution in [1.29, 1.82) is 0 Å². The van der Waals surface area contributed by atoms with Crippen LogP contribution in [0, 0.1) is 0 Å². The molecule has 30 heavy (non-hydrogen) atoms. The van der Waals surface area contributed by atoms with E-state index >= 15 is 0 Å². The molecule has 1 heterocycles. The normalized spacial score (nSPS) is 11.2. The molecule has 0 amide bonds. The largest absolute Gasteiger partial charge is 0.504 e. The lowest BCUT2D eigenvalue weighted by molar-refractivity contribution is -0.131. The summed E-state index contributed by atoms with van der Waals surface area (Å²) in [4.78, 5) is 16.0. The molecule has 0 saturated heterocycles. The Morgan fingerprint density at radius 3 is 2.33 bits per heavy atom. The molecule has 0 aliphatic rings. The summed E-state index contributed by atoms with van der Waals surface area (Å²) in [6.07, 6.45) is 1.41. The molecule has 0 unspecified atom stereocenters. The van der Waals surface area contributed by atoms with Crippen LogP contribution in [0.15, 0.2) is 46.5 Å². The van der Waals surface area contributed by atoms with Crippen molar-refractivity contribution in [2.45, 2.75) is 5.16 Å². The number of hydrogen-bond donors (Lipinski definition) is 3. The number of phenolic OH excluding ortho intramolecular Hbond substituents is 1. The van der Waals surface area contributed by atoms with Crippen molar-refractivity contribution in [2.24, 2.45) is 0 Å². The second kappa shape index (κ2) is 9.23. The van der Waals surface area contributed by atoms with Crippen LogP contribution in [0.1, 0.15) is 5.56 Å². The average Bonchev–Trinajstić information content (AvgIpc) is 3.21. The zero-order chi connectivity index (χ0) is 21.7. The summed E-state index contributed by atoms with van der Waals surface area (Å²) in [5.74, 6) is 0.657. The maximum Gasteiger partial charge on any atom is 0.342 e. The summed E-state index contributed by atoms with van der Waals surface area (Å²) in [6, 6.07) is 9.83. The minimum absolute atomic E-state index is 0.0201. The van der Waals surface area contributed by atoms with Crippen LogP contribution in [0.2, 0.25) is 0 Å². The maximum absolute atomic E-state index is 11.7. The van der Waals surface area contributed by atoms with Gasteiger partial charge in [0.25, 0.3) is 0 Å². The highest BCUT2D eigenvalue weighted by Gasteiger charge is 2.16. The molecule has 0 aliphatic carbocycles. The van der Waals surface area contributed by atoms with Crippen molar-refractivity contribution in [3.05, 3.63) is 46.9 Å². The van der Waals surface area contributed by atoms with Crippen LogP contribution < -0.4 is 14.2 Å². The lowest BCUT2D eigenvalue weighted by Gasteiger charge is -2.06. The van der Waals surface area contributed by atoms with Gasteiger partial charge >= 0.3 is 5.97 Å². The fourth-order valence-electron chi connectivity index (χ4n) is 2.55. The van der Waals surface area contributed by atoms with E-state index in [1.54, 1.807) is 44.6 Å². The van der Waals surface area contributed by atoms with Crippen molar-refractivity contribution in [1.82, 2.24) is 15.2 Å². The van der Waals surface area contributed by atoms with Gasteiger partial charge in [-0.3, -0.25) is 5.10 Å². The molecule has 0 saturated carbocycles. The Hall–Kier alpha value is -3.66. The zero-order valence-electron chi connectivity index (χ0n) is 16.4. The van der Waals surface area contributed by atoms with E-state index in [2.05, 4.69) is 15.2 Å². The van der Waals surface area contributed by atoms with E-state index in [-0.39, 0.29) is 15.8 Å². The third-order valence-corrected chi connectivity index (χ3v) is 4.88. The SMILES string of the molecule is COc1cc(OC)cc(-c2nc(S/C(=C\c3ccc(OC)c(O)c3)C(=O)O)n[nH]2)c1. The molecule has 0 bridgehead atoms. The van der Waals surface area contributed by atoms with Gasteiger partial charge in [-0.2, -0.15) is 0 Å².